The Morgan fingerprint density at radius 3 is 2.52 bits per heavy atom. The Morgan fingerprint density at radius 2 is 1.92 bits per heavy atom. The molecule has 0 radical (unpaired) electrons. The molecule has 0 spiro atoms. The highest BCUT2D eigenvalue weighted by Crippen LogP contribution is 2.23. The molecule has 0 fully saturated rings. The van der Waals surface area contributed by atoms with Gasteiger partial charge in [0.2, 0.25) is 5.91 Å². The number of halogens is 2. The Bertz CT molecular complexity index is 725. The van der Waals surface area contributed by atoms with Crippen molar-refractivity contribution in [1.82, 2.24) is 14.5 Å². The highest BCUT2D eigenvalue weighted by Gasteiger charge is 2.20. The van der Waals surface area contributed by atoms with Crippen LogP contribution >= 0.6 is 23.2 Å². The van der Waals surface area contributed by atoms with Crippen molar-refractivity contribution < 1.29 is 4.79 Å². The summed E-state index contributed by atoms with van der Waals surface area (Å²) >= 11 is 12.1. The molecule has 1 heterocycles. The minimum absolute atomic E-state index is 0.0303. The van der Waals surface area contributed by atoms with E-state index in [1.807, 2.05) is 41.6 Å². The number of amides is 1. The molecule has 0 aliphatic carbocycles. The summed E-state index contributed by atoms with van der Waals surface area (Å²) in [4.78, 5) is 18.9. The Labute approximate surface area is 159 Å². The van der Waals surface area contributed by atoms with Crippen LogP contribution in [-0.4, -0.2) is 26.9 Å². The van der Waals surface area contributed by atoms with E-state index < -0.39 is 0 Å². The molecule has 0 aliphatic heterocycles. The minimum atomic E-state index is -0.0303. The van der Waals surface area contributed by atoms with Crippen LogP contribution in [0.25, 0.3) is 0 Å². The van der Waals surface area contributed by atoms with Gasteiger partial charge in [-0.15, -0.1) is 0 Å². The fraction of sp³-hybridized carbons (Fsp3) is 0.474. The van der Waals surface area contributed by atoms with Crippen LogP contribution in [-0.2, 0) is 17.9 Å². The van der Waals surface area contributed by atoms with Gasteiger partial charge >= 0.3 is 0 Å². The molecule has 6 heteroatoms. The van der Waals surface area contributed by atoms with Crippen LogP contribution < -0.4 is 0 Å². The Hall–Kier alpha value is -1.52. The Balaban J connectivity index is 2.18. The maximum Gasteiger partial charge on any atom is 0.225 e. The fourth-order valence-corrected chi connectivity index (χ4v) is 3.00. The lowest BCUT2D eigenvalue weighted by molar-refractivity contribution is -0.135. The summed E-state index contributed by atoms with van der Waals surface area (Å²) in [6.45, 7) is 9.94. The van der Waals surface area contributed by atoms with E-state index in [9.17, 15) is 4.79 Å². The highest BCUT2D eigenvalue weighted by atomic mass is 35.5. The van der Waals surface area contributed by atoms with Crippen LogP contribution in [0.1, 0.15) is 39.1 Å². The van der Waals surface area contributed by atoms with Crippen LogP contribution in [0.15, 0.2) is 30.6 Å². The van der Waals surface area contributed by atoms with Gasteiger partial charge in [0, 0.05) is 31.4 Å². The molecule has 25 heavy (non-hydrogen) atoms. The zero-order chi connectivity index (χ0) is 18.6. The van der Waals surface area contributed by atoms with Crippen molar-refractivity contribution in [3.63, 3.8) is 0 Å². The normalized spacial score (nSPS) is 11.4. The van der Waals surface area contributed by atoms with Gasteiger partial charge in [-0.25, -0.2) is 4.98 Å². The third kappa shape index (κ3) is 5.48. The van der Waals surface area contributed by atoms with Gasteiger partial charge in [0.15, 0.2) is 0 Å². The van der Waals surface area contributed by atoms with Gasteiger partial charge in [-0.3, -0.25) is 4.79 Å². The lowest BCUT2D eigenvalue weighted by Gasteiger charge is -2.26. The number of carbonyl (C=O) groups excluding carboxylic acids is 1. The van der Waals surface area contributed by atoms with E-state index in [1.54, 1.807) is 12.3 Å². The van der Waals surface area contributed by atoms with Crippen LogP contribution in [0.3, 0.4) is 0 Å². The van der Waals surface area contributed by atoms with Gasteiger partial charge in [0.1, 0.15) is 5.82 Å². The van der Waals surface area contributed by atoms with Crippen LogP contribution in [0.2, 0.25) is 10.0 Å². The van der Waals surface area contributed by atoms with E-state index in [1.165, 1.54) is 0 Å². The predicted molar refractivity (Wildman–Crippen MR) is 103 cm³/mol. The van der Waals surface area contributed by atoms with Crippen molar-refractivity contribution in [3.8, 4) is 0 Å². The number of hydrogen-bond donors (Lipinski definition) is 0. The van der Waals surface area contributed by atoms with Crippen molar-refractivity contribution in [2.24, 2.45) is 11.8 Å². The first-order valence-corrected chi connectivity index (χ1v) is 9.26. The SMILES string of the molecule is CC(C)CN(Cc1nccn1Cc1ccc(Cl)c(Cl)c1)C(=O)C(C)C. The summed E-state index contributed by atoms with van der Waals surface area (Å²) < 4.78 is 2.04. The molecular formula is C19H25Cl2N3O. The van der Waals surface area contributed by atoms with Crippen molar-refractivity contribution >= 4 is 29.1 Å². The van der Waals surface area contributed by atoms with Crippen molar-refractivity contribution in [2.75, 3.05) is 6.54 Å². The van der Waals surface area contributed by atoms with E-state index in [2.05, 4.69) is 18.8 Å². The number of carbonyl (C=O) groups is 1. The monoisotopic (exact) mass is 381 g/mol. The predicted octanol–water partition coefficient (Wildman–Crippen LogP) is 4.88. The molecule has 0 N–H and O–H groups in total. The molecule has 0 saturated carbocycles. The topological polar surface area (TPSA) is 38.1 Å². The molecule has 136 valence electrons. The Kier molecular flexibility index (Phi) is 6.91. The second-order valence-corrected chi connectivity index (χ2v) is 7.80. The van der Waals surface area contributed by atoms with E-state index in [-0.39, 0.29) is 11.8 Å². The summed E-state index contributed by atoms with van der Waals surface area (Å²) in [5.41, 5.74) is 1.04. The largest absolute Gasteiger partial charge is 0.335 e. The van der Waals surface area contributed by atoms with Gasteiger partial charge in [-0.2, -0.15) is 0 Å². The first-order chi connectivity index (χ1) is 11.8. The zero-order valence-electron chi connectivity index (χ0n) is 15.2. The van der Waals surface area contributed by atoms with Gasteiger partial charge in [0.25, 0.3) is 0 Å². The molecule has 0 unspecified atom stereocenters. The van der Waals surface area contributed by atoms with Gasteiger partial charge in [0.05, 0.1) is 16.6 Å². The molecule has 0 saturated heterocycles. The van der Waals surface area contributed by atoms with E-state index >= 15 is 0 Å². The minimum Gasteiger partial charge on any atom is -0.335 e. The highest BCUT2D eigenvalue weighted by molar-refractivity contribution is 6.42. The lowest BCUT2D eigenvalue weighted by atomic mass is 10.1. The average molecular weight is 382 g/mol. The van der Waals surface area contributed by atoms with Crippen molar-refractivity contribution in [1.29, 1.82) is 0 Å². The maximum atomic E-state index is 12.5. The summed E-state index contributed by atoms with van der Waals surface area (Å²) in [6, 6.07) is 5.60. The number of nitrogens with zero attached hydrogens (tertiary/aromatic N) is 3. The van der Waals surface area contributed by atoms with E-state index in [4.69, 9.17) is 23.2 Å². The van der Waals surface area contributed by atoms with Gasteiger partial charge in [-0.1, -0.05) is 57.0 Å². The number of rotatable bonds is 7. The quantitative estimate of drug-likeness (QED) is 0.685. The zero-order valence-corrected chi connectivity index (χ0v) is 16.7. The van der Waals surface area contributed by atoms with Crippen LogP contribution in [0, 0.1) is 11.8 Å². The molecule has 2 aromatic rings. The molecule has 4 nitrogen and oxygen atoms in total. The van der Waals surface area contributed by atoms with Gasteiger partial charge < -0.3 is 9.47 Å². The summed E-state index contributed by atoms with van der Waals surface area (Å²) in [5.74, 6) is 1.39. The first-order valence-electron chi connectivity index (χ1n) is 8.50. The molecule has 0 atom stereocenters. The first kappa shape index (κ1) is 19.8. The summed E-state index contributed by atoms with van der Waals surface area (Å²) in [6.07, 6.45) is 3.69. The molecule has 1 amide bonds. The molecule has 0 aliphatic rings. The number of hydrogen-bond acceptors (Lipinski definition) is 2. The smallest absolute Gasteiger partial charge is 0.225 e. The van der Waals surface area contributed by atoms with E-state index in [0.717, 1.165) is 17.9 Å². The maximum absolute atomic E-state index is 12.5. The fourth-order valence-electron chi connectivity index (χ4n) is 2.68. The standard InChI is InChI=1S/C19H25Cl2N3O/c1-13(2)10-24(19(25)14(3)4)12-18-22-7-8-23(18)11-15-5-6-16(20)17(21)9-15/h5-9,13-14H,10-12H2,1-4H3. The number of imidazole rings is 1. The van der Waals surface area contributed by atoms with Crippen molar-refractivity contribution in [2.45, 2.75) is 40.8 Å². The summed E-state index contributed by atoms with van der Waals surface area (Å²) in [7, 11) is 0. The Morgan fingerprint density at radius 1 is 1.20 bits per heavy atom. The number of benzene rings is 1. The van der Waals surface area contributed by atoms with Crippen LogP contribution in [0.5, 0.6) is 0 Å². The average Bonchev–Trinajstić information content (AvgIpc) is 2.96. The molecule has 0 bridgehead atoms. The second kappa shape index (κ2) is 8.72. The van der Waals surface area contributed by atoms with E-state index in [0.29, 0.717) is 29.1 Å². The molecule has 2 rings (SSSR count). The number of aromatic nitrogens is 2. The van der Waals surface area contributed by atoms with Gasteiger partial charge in [-0.05, 0) is 23.6 Å². The second-order valence-electron chi connectivity index (χ2n) is 6.99. The molecular weight excluding hydrogens is 357 g/mol. The van der Waals surface area contributed by atoms with Crippen molar-refractivity contribution in [3.05, 3.63) is 52.0 Å². The molecule has 1 aromatic heterocycles. The lowest BCUT2D eigenvalue weighted by Crippen LogP contribution is -2.37. The molecule has 1 aromatic carbocycles. The third-order valence-electron chi connectivity index (χ3n) is 3.86. The van der Waals surface area contributed by atoms with Crippen LogP contribution in [0.4, 0.5) is 0 Å². The summed E-state index contributed by atoms with van der Waals surface area (Å²) in [5, 5.41) is 1.08. The third-order valence-corrected chi connectivity index (χ3v) is 4.60.